The number of carbonyl (C=O) groups excluding carboxylic acids is 1. The topological polar surface area (TPSA) is 70.7 Å². The molecule has 3 N–H and O–H groups in total. The summed E-state index contributed by atoms with van der Waals surface area (Å²) >= 11 is 0. The van der Waals surface area contributed by atoms with E-state index in [0.29, 0.717) is 18.9 Å². The van der Waals surface area contributed by atoms with Crippen molar-refractivity contribution in [3.63, 3.8) is 0 Å². The van der Waals surface area contributed by atoms with E-state index in [0.717, 1.165) is 0 Å². The number of hydrogen-bond donors (Lipinski definition) is 2. The van der Waals surface area contributed by atoms with Crippen molar-refractivity contribution >= 4 is 11.9 Å². The fourth-order valence-corrected chi connectivity index (χ4v) is 0.553. The van der Waals surface area contributed by atoms with Gasteiger partial charge in [-0.2, -0.15) is 0 Å². The molecule has 0 aromatic heterocycles. The Labute approximate surface area is 72.6 Å². The summed E-state index contributed by atoms with van der Waals surface area (Å²) in [7, 11) is 3.37. The van der Waals surface area contributed by atoms with Gasteiger partial charge < -0.3 is 16.0 Å². The summed E-state index contributed by atoms with van der Waals surface area (Å²) in [6, 6.07) is -0.111. The van der Waals surface area contributed by atoms with E-state index in [1.54, 1.807) is 21.0 Å². The summed E-state index contributed by atoms with van der Waals surface area (Å²) in [5, 5.41) is 2.66. The first-order chi connectivity index (χ1) is 5.54. The average Bonchev–Trinajstić information content (AvgIpc) is 1.97. The largest absolute Gasteiger partial charge is 0.388 e. The Morgan fingerprint density at radius 1 is 1.58 bits per heavy atom. The lowest BCUT2D eigenvalue weighted by atomic mass is 10.6. The first-order valence-corrected chi connectivity index (χ1v) is 3.75. The van der Waals surface area contributed by atoms with Crippen LogP contribution in [0.2, 0.25) is 0 Å². The molecule has 70 valence electrons. The minimum Gasteiger partial charge on any atom is -0.388 e. The van der Waals surface area contributed by atoms with Crippen molar-refractivity contribution < 1.29 is 4.79 Å². The van der Waals surface area contributed by atoms with E-state index in [2.05, 4.69) is 10.3 Å². The molecule has 0 saturated heterocycles. The van der Waals surface area contributed by atoms with E-state index in [4.69, 9.17) is 5.73 Å². The van der Waals surface area contributed by atoms with E-state index >= 15 is 0 Å². The van der Waals surface area contributed by atoms with Gasteiger partial charge in [-0.15, -0.1) is 0 Å². The van der Waals surface area contributed by atoms with Crippen LogP contribution >= 0.6 is 0 Å². The fraction of sp³-hybridized carbons (Fsp3) is 0.714. The van der Waals surface area contributed by atoms with Gasteiger partial charge in [0.1, 0.15) is 0 Å². The molecular weight excluding hydrogens is 156 g/mol. The number of nitrogens with two attached hydrogens (primary N) is 1. The van der Waals surface area contributed by atoms with Crippen molar-refractivity contribution in [2.75, 3.05) is 27.2 Å². The maximum atomic E-state index is 10.9. The number of nitrogens with zero attached hydrogens (tertiary/aromatic N) is 2. The van der Waals surface area contributed by atoms with E-state index in [1.807, 2.05) is 0 Å². The maximum Gasteiger partial charge on any atom is 0.316 e. The van der Waals surface area contributed by atoms with Crippen LogP contribution in [0.3, 0.4) is 0 Å². The van der Waals surface area contributed by atoms with Crippen LogP contribution in [0, 0.1) is 0 Å². The van der Waals surface area contributed by atoms with Gasteiger partial charge in [-0.25, -0.2) is 4.79 Å². The molecule has 5 heteroatoms. The van der Waals surface area contributed by atoms with Crippen molar-refractivity contribution in [2.24, 2.45) is 10.7 Å². The van der Waals surface area contributed by atoms with Crippen molar-refractivity contribution in [1.82, 2.24) is 10.2 Å². The molecule has 0 aliphatic rings. The highest BCUT2D eigenvalue weighted by Crippen LogP contribution is 1.76. The molecule has 0 saturated carbocycles. The average molecular weight is 172 g/mol. The monoisotopic (exact) mass is 172 g/mol. The molecular formula is C7H16N4O. The van der Waals surface area contributed by atoms with Gasteiger partial charge in [0, 0.05) is 20.6 Å². The van der Waals surface area contributed by atoms with Gasteiger partial charge >= 0.3 is 6.03 Å². The zero-order valence-corrected chi connectivity index (χ0v) is 7.79. The number of amidine groups is 1. The summed E-state index contributed by atoms with van der Waals surface area (Å²) < 4.78 is 0. The predicted octanol–water partition coefficient (Wildman–Crippen LogP) is -0.365. The highest BCUT2D eigenvalue weighted by Gasteiger charge is 1.99. The van der Waals surface area contributed by atoms with E-state index in [1.165, 1.54) is 4.90 Å². The van der Waals surface area contributed by atoms with Crippen molar-refractivity contribution in [3.05, 3.63) is 0 Å². The third-order valence-electron chi connectivity index (χ3n) is 1.16. The van der Waals surface area contributed by atoms with Crippen LogP contribution in [-0.2, 0) is 0 Å². The molecule has 0 aliphatic carbocycles. The molecule has 0 bridgehead atoms. The second-order valence-electron chi connectivity index (χ2n) is 2.65. The number of urea groups is 1. The highest BCUT2D eigenvalue weighted by molar-refractivity contribution is 5.77. The van der Waals surface area contributed by atoms with Crippen LogP contribution < -0.4 is 11.1 Å². The Bertz CT molecular complexity index is 172. The van der Waals surface area contributed by atoms with E-state index in [-0.39, 0.29) is 6.03 Å². The number of nitrogens with one attached hydrogen (secondary N) is 1. The van der Waals surface area contributed by atoms with Gasteiger partial charge in [0.2, 0.25) is 0 Å². The Morgan fingerprint density at radius 3 is 2.58 bits per heavy atom. The SMILES string of the molecule is CC(N)=NCCNC(=O)N(C)C. The van der Waals surface area contributed by atoms with Crippen LogP contribution in [0.1, 0.15) is 6.92 Å². The first-order valence-electron chi connectivity index (χ1n) is 3.75. The molecule has 0 spiro atoms. The van der Waals surface area contributed by atoms with Crippen LogP contribution in [0.25, 0.3) is 0 Å². The molecule has 0 atom stereocenters. The third-order valence-corrected chi connectivity index (χ3v) is 1.16. The Kier molecular flexibility index (Phi) is 4.83. The predicted molar refractivity (Wildman–Crippen MR) is 49.2 cm³/mol. The highest BCUT2D eigenvalue weighted by atomic mass is 16.2. The Morgan fingerprint density at radius 2 is 2.17 bits per heavy atom. The summed E-state index contributed by atoms with van der Waals surface area (Å²) in [6.07, 6.45) is 0. The number of amides is 2. The van der Waals surface area contributed by atoms with Crippen LogP contribution in [-0.4, -0.2) is 44.0 Å². The standard InChI is InChI=1S/C7H16N4O/c1-6(8)9-4-5-10-7(12)11(2)3/h4-5H2,1-3H3,(H2,8,9)(H,10,12). The molecule has 0 fully saturated rings. The molecule has 0 radical (unpaired) electrons. The third kappa shape index (κ3) is 5.52. The molecule has 0 aliphatic heterocycles. The molecule has 0 aromatic rings. The molecule has 0 rings (SSSR count). The van der Waals surface area contributed by atoms with Gasteiger partial charge in [-0.05, 0) is 6.92 Å². The molecule has 0 aromatic carbocycles. The molecule has 2 amide bonds. The molecule has 0 unspecified atom stereocenters. The number of aliphatic imine (C=N–C) groups is 1. The Balaban J connectivity index is 3.45. The number of hydrogen-bond acceptors (Lipinski definition) is 2. The van der Waals surface area contributed by atoms with Crippen molar-refractivity contribution in [1.29, 1.82) is 0 Å². The van der Waals surface area contributed by atoms with Crippen molar-refractivity contribution in [3.8, 4) is 0 Å². The lowest BCUT2D eigenvalue weighted by Crippen LogP contribution is -2.36. The first kappa shape index (κ1) is 10.7. The molecule has 5 nitrogen and oxygen atoms in total. The maximum absolute atomic E-state index is 10.9. The van der Waals surface area contributed by atoms with Crippen LogP contribution in [0.4, 0.5) is 4.79 Å². The lowest BCUT2D eigenvalue weighted by Gasteiger charge is -2.10. The lowest BCUT2D eigenvalue weighted by molar-refractivity contribution is 0.218. The van der Waals surface area contributed by atoms with Gasteiger partial charge in [-0.3, -0.25) is 4.99 Å². The summed E-state index contributed by atoms with van der Waals surface area (Å²) in [5.74, 6) is 0.536. The zero-order chi connectivity index (χ0) is 9.56. The smallest absolute Gasteiger partial charge is 0.316 e. The zero-order valence-electron chi connectivity index (χ0n) is 7.79. The minimum absolute atomic E-state index is 0.111. The second kappa shape index (κ2) is 5.40. The minimum atomic E-state index is -0.111. The number of rotatable bonds is 3. The molecule has 0 heterocycles. The van der Waals surface area contributed by atoms with Gasteiger partial charge in [0.05, 0.1) is 12.4 Å². The molecule has 12 heavy (non-hydrogen) atoms. The summed E-state index contributed by atoms with van der Waals surface area (Å²) in [5.41, 5.74) is 5.30. The van der Waals surface area contributed by atoms with Gasteiger partial charge in [0.25, 0.3) is 0 Å². The van der Waals surface area contributed by atoms with Crippen molar-refractivity contribution in [2.45, 2.75) is 6.92 Å². The quantitative estimate of drug-likeness (QED) is 0.346. The van der Waals surface area contributed by atoms with Gasteiger partial charge in [-0.1, -0.05) is 0 Å². The second-order valence-corrected chi connectivity index (χ2v) is 2.65. The number of carbonyl (C=O) groups is 1. The van der Waals surface area contributed by atoms with Crippen LogP contribution in [0.5, 0.6) is 0 Å². The normalized spacial score (nSPS) is 11.1. The summed E-state index contributed by atoms with van der Waals surface area (Å²) in [6.45, 7) is 2.77. The Hall–Kier alpha value is -1.26. The van der Waals surface area contributed by atoms with Crippen LogP contribution in [0.15, 0.2) is 4.99 Å². The van der Waals surface area contributed by atoms with Gasteiger partial charge in [0.15, 0.2) is 0 Å². The summed E-state index contributed by atoms with van der Waals surface area (Å²) in [4.78, 5) is 16.3. The van der Waals surface area contributed by atoms with E-state index in [9.17, 15) is 4.79 Å². The van der Waals surface area contributed by atoms with E-state index < -0.39 is 0 Å². The fourth-order valence-electron chi connectivity index (χ4n) is 0.553.